The number of anilines is 1. The molecule has 1 atom stereocenters. The van der Waals surface area contributed by atoms with Gasteiger partial charge in [0.15, 0.2) is 5.54 Å². The number of piperidine rings is 1. The molecule has 12 nitrogen and oxygen atoms in total. The number of ether oxygens (including phenoxy) is 1. The minimum Gasteiger partial charge on any atom is -0.493 e. The average Bonchev–Trinajstić information content (AvgIpc) is 3.35. The van der Waals surface area contributed by atoms with Crippen LogP contribution in [0.5, 0.6) is 5.75 Å². The van der Waals surface area contributed by atoms with Gasteiger partial charge in [-0.2, -0.15) is 14.8 Å². The Hall–Kier alpha value is -4.95. The lowest BCUT2D eigenvalue weighted by atomic mass is 9.71. The van der Waals surface area contributed by atoms with Gasteiger partial charge in [0.1, 0.15) is 5.75 Å². The van der Waals surface area contributed by atoms with Gasteiger partial charge in [0.05, 0.1) is 40.5 Å². The zero-order valence-corrected chi connectivity index (χ0v) is 29.8. The maximum atomic E-state index is 15.0. The number of likely N-dealkylation sites (tertiary alicyclic amines) is 3. The number of benzene rings is 3. The smallest absolute Gasteiger partial charge is 0.318 e. The highest BCUT2D eigenvalue weighted by atomic mass is 32.2. The summed E-state index contributed by atoms with van der Waals surface area (Å²) in [5, 5.41) is 22.2. The number of urea groups is 1. The van der Waals surface area contributed by atoms with Gasteiger partial charge in [0.2, 0.25) is 0 Å². The Balaban J connectivity index is 1.22. The Morgan fingerprint density at radius 3 is 2.22 bits per heavy atom. The van der Waals surface area contributed by atoms with Crippen molar-refractivity contribution in [3.8, 4) is 17.9 Å². The molecule has 4 aliphatic heterocycles. The molecule has 3 fully saturated rings. The minimum absolute atomic E-state index is 0.00758. The zero-order valence-electron chi connectivity index (χ0n) is 29.0. The van der Waals surface area contributed by atoms with Crippen LogP contribution in [0.3, 0.4) is 0 Å². The van der Waals surface area contributed by atoms with Crippen LogP contribution in [0.1, 0.15) is 55.9 Å². The number of nitrogens with one attached hydrogen (secondary N) is 1. The standard InChI is InChI=1S/C38H41N7O5S/c1-4-50-34-8-6-5-7-31(34)38(41-36(47)44-24-37(25-44)22-43(23-37)29-15-17-42(18-16-29)26(2)3)32-19-28(21-40)11-14-33(32)45(35(38)46)51(48,49)30-12-9-27(20-39)10-13-30/h5-14,19,26,29H,4,15-18,22-25H2,1-3H3,(H,41,47). The Morgan fingerprint density at radius 1 is 0.941 bits per heavy atom. The molecule has 7 rings (SSSR count). The molecule has 264 valence electrons. The first-order valence-corrected chi connectivity index (χ1v) is 18.8. The predicted molar refractivity (Wildman–Crippen MR) is 189 cm³/mol. The summed E-state index contributed by atoms with van der Waals surface area (Å²) in [5.41, 5.74) is -1.23. The lowest BCUT2D eigenvalue weighted by Crippen LogP contribution is -2.76. The van der Waals surface area contributed by atoms with E-state index in [0.29, 0.717) is 29.5 Å². The highest BCUT2D eigenvalue weighted by Crippen LogP contribution is 2.50. The molecule has 51 heavy (non-hydrogen) atoms. The van der Waals surface area contributed by atoms with Crippen LogP contribution in [0.4, 0.5) is 10.5 Å². The van der Waals surface area contributed by atoms with E-state index in [1.165, 1.54) is 42.5 Å². The van der Waals surface area contributed by atoms with Gasteiger partial charge >= 0.3 is 6.03 Å². The monoisotopic (exact) mass is 707 g/mol. The van der Waals surface area contributed by atoms with Crippen molar-refractivity contribution in [2.75, 3.05) is 50.2 Å². The van der Waals surface area contributed by atoms with Crippen LogP contribution in [-0.4, -0.2) is 93.0 Å². The molecule has 3 aromatic rings. The average molecular weight is 708 g/mol. The predicted octanol–water partition coefficient (Wildman–Crippen LogP) is 4.01. The van der Waals surface area contributed by atoms with Crippen molar-refractivity contribution in [2.24, 2.45) is 5.41 Å². The van der Waals surface area contributed by atoms with Gasteiger partial charge in [0.25, 0.3) is 15.9 Å². The first-order valence-electron chi connectivity index (χ1n) is 17.4. The van der Waals surface area contributed by atoms with E-state index in [2.05, 4.69) is 35.0 Å². The summed E-state index contributed by atoms with van der Waals surface area (Å²) in [4.78, 5) is 35.8. The number of nitrogens with zero attached hydrogens (tertiary/aromatic N) is 6. The second kappa shape index (κ2) is 13.0. The summed E-state index contributed by atoms with van der Waals surface area (Å²) >= 11 is 0. The van der Waals surface area contributed by atoms with E-state index in [1.807, 2.05) is 6.07 Å². The van der Waals surface area contributed by atoms with E-state index in [0.717, 1.165) is 39.0 Å². The lowest BCUT2D eigenvalue weighted by Gasteiger charge is -2.62. The van der Waals surface area contributed by atoms with E-state index >= 15 is 4.79 Å². The summed E-state index contributed by atoms with van der Waals surface area (Å²) in [5.74, 6) is -0.645. The lowest BCUT2D eigenvalue weighted by molar-refractivity contribution is -0.124. The minimum atomic E-state index is -4.56. The van der Waals surface area contributed by atoms with Crippen LogP contribution < -0.4 is 14.4 Å². The topological polar surface area (TPSA) is 150 Å². The fourth-order valence-corrected chi connectivity index (χ4v) is 9.66. The Morgan fingerprint density at radius 2 is 1.59 bits per heavy atom. The molecule has 0 saturated carbocycles. The SMILES string of the molecule is CCOc1ccccc1C1(NC(=O)N2CC3(C2)CN(C2CCN(C(C)C)CC2)C3)C(=O)N(S(=O)(=O)c2ccc(C#N)cc2)c2ccc(C#N)cc21. The summed E-state index contributed by atoms with van der Waals surface area (Å²) in [6.45, 7) is 11.5. The molecule has 1 N–H and O–H groups in total. The van der Waals surface area contributed by atoms with Crippen molar-refractivity contribution < 1.29 is 22.7 Å². The molecule has 0 bridgehead atoms. The summed E-state index contributed by atoms with van der Waals surface area (Å²) in [6, 6.07) is 20.9. The van der Waals surface area contributed by atoms with Crippen LogP contribution in [0.2, 0.25) is 0 Å². The van der Waals surface area contributed by atoms with Crippen molar-refractivity contribution in [3.63, 3.8) is 0 Å². The van der Waals surface area contributed by atoms with Crippen LogP contribution in [0.15, 0.2) is 71.6 Å². The molecule has 3 saturated heterocycles. The number of rotatable bonds is 8. The largest absolute Gasteiger partial charge is 0.493 e. The molecule has 4 heterocycles. The number of carbonyl (C=O) groups is 2. The number of amides is 3. The van der Waals surface area contributed by atoms with Gasteiger partial charge in [-0.1, -0.05) is 18.2 Å². The van der Waals surface area contributed by atoms with Crippen molar-refractivity contribution in [1.29, 1.82) is 10.5 Å². The van der Waals surface area contributed by atoms with Gasteiger partial charge in [-0.05, 0) is 95.2 Å². The molecule has 1 spiro atoms. The van der Waals surface area contributed by atoms with E-state index in [1.54, 1.807) is 36.1 Å². The van der Waals surface area contributed by atoms with Crippen molar-refractivity contribution >= 4 is 27.6 Å². The van der Waals surface area contributed by atoms with Gasteiger partial charge < -0.3 is 19.9 Å². The van der Waals surface area contributed by atoms with E-state index in [4.69, 9.17) is 4.74 Å². The van der Waals surface area contributed by atoms with E-state index in [9.17, 15) is 23.7 Å². The third kappa shape index (κ3) is 5.70. The second-order valence-corrected chi connectivity index (χ2v) is 16.1. The maximum absolute atomic E-state index is 15.0. The molecule has 0 aliphatic carbocycles. The summed E-state index contributed by atoms with van der Waals surface area (Å²) in [7, 11) is -4.56. The third-order valence-electron chi connectivity index (χ3n) is 10.8. The third-order valence-corrected chi connectivity index (χ3v) is 12.5. The van der Waals surface area contributed by atoms with Crippen molar-refractivity contribution in [2.45, 2.75) is 56.1 Å². The van der Waals surface area contributed by atoms with Gasteiger partial charge in [0, 0.05) is 54.8 Å². The Bertz CT molecular complexity index is 2050. The zero-order chi connectivity index (χ0) is 36.1. The molecule has 4 aliphatic rings. The second-order valence-electron chi connectivity index (χ2n) is 14.3. The van der Waals surface area contributed by atoms with Gasteiger partial charge in [-0.3, -0.25) is 9.69 Å². The number of hydrogen-bond donors (Lipinski definition) is 1. The quantitative estimate of drug-likeness (QED) is 0.367. The number of para-hydroxylation sites is 1. The number of hydrogen-bond acceptors (Lipinski definition) is 9. The Kier molecular flexibility index (Phi) is 8.78. The molecular weight excluding hydrogens is 667 g/mol. The molecule has 3 amide bonds. The highest BCUT2D eigenvalue weighted by molar-refractivity contribution is 7.93. The van der Waals surface area contributed by atoms with Gasteiger partial charge in [-0.25, -0.2) is 13.2 Å². The van der Waals surface area contributed by atoms with Crippen LogP contribution in [0.25, 0.3) is 0 Å². The number of nitriles is 2. The van der Waals surface area contributed by atoms with Crippen LogP contribution >= 0.6 is 0 Å². The summed E-state index contributed by atoms with van der Waals surface area (Å²) < 4.78 is 35.3. The first kappa shape index (κ1) is 34.5. The van der Waals surface area contributed by atoms with E-state index < -0.39 is 27.5 Å². The number of carbonyl (C=O) groups excluding carboxylic acids is 2. The molecule has 3 aromatic carbocycles. The number of sulfonamides is 1. The molecule has 0 aromatic heterocycles. The molecule has 13 heteroatoms. The molecular formula is C38H41N7O5S. The highest BCUT2D eigenvalue weighted by Gasteiger charge is 2.60. The first-order chi connectivity index (χ1) is 24.5. The van der Waals surface area contributed by atoms with Crippen molar-refractivity contribution in [3.05, 3.63) is 89.0 Å². The van der Waals surface area contributed by atoms with Crippen molar-refractivity contribution in [1.82, 2.24) is 20.0 Å². The van der Waals surface area contributed by atoms with Crippen LogP contribution in [-0.2, 0) is 20.4 Å². The summed E-state index contributed by atoms with van der Waals surface area (Å²) in [6.07, 6.45) is 2.27. The maximum Gasteiger partial charge on any atom is 0.318 e. The fraction of sp³-hybridized carbons (Fsp3) is 0.421. The van der Waals surface area contributed by atoms with Crippen LogP contribution in [0, 0.1) is 28.1 Å². The molecule has 0 radical (unpaired) electrons. The fourth-order valence-electron chi connectivity index (χ4n) is 8.20. The molecule has 1 unspecified atom stereocenters. The normalized spacial score (nSPS) is 21.8. The van der Waals surface area contributed by atoms with Gasteiger partial charge in [-0.15, -0.1) is 0 Å². The Labute approximate surface area is 298 Å². The number of fused-ring (bicyclic) bond motifs is 1. The van der Waals surface area contributed by atoms with E-state index in [-0.39, 0.29) is 50.6 Å².